The van der Waals surface area contributed by atoms with Crippen molar-refractivity contribution in [3.05, 3.63) is 34.5 Å². The summed E-state index contributed by atoms with van der Waals surface area (Å²) in [7, 11) is 0. The number of aryl methyl sites for hydroxylation is 1. The maximum absolute atomic E-state index is 6.28. The molecule has 0 bridgehead atoms. The summed E-state index contributed by atoms with van der Waals surface area (Å²) in [4.78, 5) is 5.28. The summed E-state index contributed by atoms with van der Waals surface area (Å²) in [6, 6.07) is 4.44. The fourth-order valence-corrected chi connectivity index (χ4v) is 4.72. The summed E-state index contributed by atoms with van der Waals surface area (Å²) in [6.45, 7) is 8.25. The molecule has 24 heavy (non-hydrogen) atoms. The molecule has 0 unspecified atom stereocenters. The highest BCUT2D eigenvalue weighted by Crippen LogP contribution is 2.34. The Hall–Kier alpha value is -1.28. The van der Waals surface area contributed by atoms with E-state index in [1.165, 1.54) is 9.75 Å². The van der Waals surface area contributed by atoms with Gasteiger partial charge >= 0.3 is 0 Å². The molecule has 0 aromatic carbocycles. The molecule has 1 spiro atoms. The monoisotopic (exact) mass is 348 g/mol. The summed E-state index contributed by atoms with van der Waals surface area (Å²) in [5.41, 5.74) is -0.165. The molecule has 130 valence electrons. The summed E-state index contributed by atoms with van der Waals surface area (Å²) < 4.78 is 14.2. The largest absolute Gasteiger partial charge is 0.377 e. The van der Waals surface area contributed by atoms with E-state index in [9.17, 15) is 0 Å². The minimum atomic E-state index is -0.165. The molecule has 0 aliphatic carbocycles. The van der Waals surface area contributed by atoms with Crippen LogP contribution in [0.3, 0.4) is 0 Å². The Labute approximate surface area is 146 Å². The van der Waals surface area contributed by atoms with Gasteiger partial charge < -0.3 is 14.0 Å². The molecule has 2 aliphatic rings. The highest BCUT2D eigenvalue weighted by molar-refractivity contribution is 7.11. The number of nitrogens with zero attached hydrogens (tertiary/aromatic N) is 4. The maximum atomic E-state index is 6.28. The van der Waals surface area contributed by atoms with E-state index >= 15 is 0 Å². The Morgan fingerprint density at radius 1 is 1.33 bits per heavy atom. The quantitative estimate of drug-likeness (QED) is 0.845. The molecular weight excluding hydrogens is 324 g/mol. The average molecular weight is 348 g/mol. The third-order valence-electron chi connectivity index (χ3n) is 4.83. The summed E-state index contributed by atoms with van der Waals surface area (Å²) in [5, 5.41) is 7.77. The Kier molecular flexibility index (Phi) is 4.67. The molecule has 6 nitrogen and oxygen atoms in total. The van der Waals surface area contributed by atoms with Gasteiger partial charge in [0.2, 0.25) is 0 Å². The van der Waals surface area contributed by atoms with Gasteiger partial charge in [0.05, 0.1) is 19.8 Å². The van der Waals surface area contributed by atoms with Crippen LogP contribution in [0.5, 0.6) is 0 Å². The van der Waals surface area contributed by atoms with Gasteiger partial charge in [0.25, 0.3) is 0 Å². The summed E-state index contributed by atoms with van der Waals surface area (Å²) in [6.07, 6.45) is 4.59. The Morgan fingerprint density at radius 3 is 3.00 bits per heavy atom. The highest BCUT2D eigenvalue weighted by Gasteiger charge is 2.43. The molecule has 0 saturated carbocycles. The van der Waals surface area contributed by atoms with Crippen LogP contribution in [0.15, 0.2) is 24.8 Å². The van der Waals surface area contributed by atoms with E-state index in [4.69, 9.17) is 9.47 Å². The molecular formula is C17H24N4O2S. The molecule has 2 atom stereocenters. The van der Waals surface area contributed by atoms with Crippen LogP contribution >= 0.6 is 11.3 Å². The fraction of sp³-hybridized carbons (Fsp3) is 0.647. The summed E-state index contributed by atoms with van der Waals surface area (Å²) in [5.74, 6) is 0.494. The topological polar surface area (TPSA) is 52.4 Å². The van der Waals surface area contributed by atoms with E-state index in [-0.39, 0.29) is 5.60 Å². The Balaban J connectivity index is 1.40. The number of rotatable bonds is 4. The smallest absolute Gasteiger partial charge is 0.119 e. The van der Waals surface area contributed by atoms with Crippen LogP contribution in [0.4, 0.5) is 0 Å². The van der Waals surface area contributed by atoms with Crippen LogP contribution < -0.4 is 0 Å². The second kappa shape index (κ2) is 6.92. The summed E-state index contributed by atoms with van der Waals surface area (Å²) >= 11 is 1.88. The van der Waals surface area contributed by atoms with Crippen molar-refractivity contribution in [3.8, 4) is 0 Å². The van der Waals surface area contributed by atoms with E-state index in [0.29, 0.717) is 12.5 Å². The first-order valence-corrected chi connectivity index (χ1v) is 9.34. The SMILES string of the molecule is Cc1ccc(CN2CCOC[C@@]3(C[C@@H](Cn4cnnc4)CO3)C2)s1. The van der Waals surface area contributed by atoms with Gasteiger partial charge in [-0.05, 0) is 25.5 Å². The molecule has 0 amide bonds. The highest BCUT2D eigenvalue weighted by atomic mass is 32.1. The van der Waals surface area contributed by atoms with Crippen LogP contribution in [0.25, 0.3) is 0 Å². The zero-order valence-electron chi connectivity index (χ0n) is 14.1. The number of ether oxygens (including phenoxy) is 2. The van der Waals surface area contributed by atoms with Gasteiger partial charge in [0.1, 0.15) is 18.3 Å². The van der Waals surface area contributed by atoms with Crippen molar-refractivity contribution in [1.82, 2.24) is 19.7 Å². The van der Waals surface area contributed by atoms with Crippen LogP contribution in [-0.2, 0) is 22.6 Å². The third kappa shape index (κ3) is 3.69. The lowest BCUT2D eigenvalue weighted by atomic mass is 9.94. The molecule has 2 fully saturated rings. The third-order valence-corrected chi connectivity index (χ3v) is 5.81. The first-order valence-electron chi connectivity index (χ1n) is 8.53. The second-order valence-electron chi connectivity index (χ2n) is 7.00. The van der Waals surface area contributed by atoms with Gasteiger partial charge in [-0.25, -0.2) is 0 Å². The van der Waals surface area contributed by atoms with Crippen molar-refractivity contribution in [2.24, 2.45) is 5.92 Å². The van der Waals surface area contributed by atoms with Crippen LogP contribution in [0, 0.1) is 12.8 Å². The first kappa shape index (κ1) is 16.2. The minimum absolute atomic E-state index is 0.165. The molecule has 4 rings (SSSR count). The van der Waals surface area contributed by atoms with Gasteiger partial charge in [-0.2, -0.15) is 0 Å². The Morgan fingerprint density at radius 2 is 2.21 bits per heavy atom. The van der Waals surface area contributed by atoms with Crippen LogP contribution in [0.2, 0.25) is 0 Å². The van der Waals surface area contributed by atoms with Gasteiger partial charge in [0, 0.05) is 41.9 Å². The van der Waals surface area contributed by atoms with Gasteiger partial charge in [-0.15, -0.1) is 21.5 Å². The van der Waals surface area contributed by atoms with Crippen molar-refractivity contribution in [1.29, 1.82) is 0 Å². The maximum Gasteiger partial charge on any atom is 0.119 e. The molecule has 0 radical (unpaired) electrons. The average Bonchev–Trinajstić information content (AvgIpc) is 3.25. The van der Waals surface area contributed by atoms with Gasteiger partial charge in [0.15, 0.2) is 0 Å². The van der Waals surface area contributed by atoms with Gasteiger partial charge in [-0.1, -0.05) is 0 Å². The molecule has 2 aliphatic heterocycles. The van der Waals surface area contributed by atoms with Crippen molar-refractivity contribution in [2.75, 3.05) is 32.9 Å². The fourth-order valence-electron chi connectivity index (χ4n) is 3.79. The van der Waals surface area contributed by atoms with Crippen molar-refractivity contribution >= 4 is 11.3 Å². The lowest BCUT2D eigenvalue weighted by Crippen LogP contribution is -2.43. The Bertz CT molecular complexity index is 659. The van der Waals surface area contributed by atoms with E-state index in [2.05, 4.69) is 34.2 Å². The number of aromatic nitrogens is 3. The zero-order valence-corrected chi connectivity index (χ0v) is 14.9. The van der Waals surface area contributed by atoms with E-state index in [1.54, 1.807) is 12.7 Å². The number of hydrogen-bond donors (Lipinski definition) is 0. The molecule has 2 saturated heterocycles. The van der Waals surface area contributed by atoms with Crippen molar-refractivity contribution < 1.29 is 9.47 Å². The lowest BCUT2D eigenvalue weighted by Gasteiger charge is -2.31. The number of thiophene rings is 1. The zero-order chi connectivity index (χ0) is 16.4. The molecule has 2 aromatic rings. The molecule has 4 heterocycles. The number of hydrogen-bond acceptors (Lipinski definition) is 6. The van der Waals surface area contributed by atoms with Crippen molar-refractivity contribution in [2.45, 2.75) is 32.0 Å². The normalized spacial score (nSPS) is 28.5. The van der Waals surface area contributed by atoms with E-state index < -0.39 is 0 Å². The lowest BCUT2D eigenvalue weighted by molar-refractivity contribution is -0.0562. The van der Waals surface area contributed by atoms with E-state index in [1.807, 2.05) is 15.9 Å². The second-order valence-corrected chi connectivity index (χ2v) is 8.37. The predicted octanol–water partition coefficient (Wildman–Crippen LogP) is 1.96. The predicted molar refractivity (Wildman–Crippen MR) is 92.0 cm³/mol. The minimum Gasteiger partial charge on any atom is -0.377 e. The van der Waals surface area contributed by atoms with Crippen LogP contribution in [-0.4, -0.2) is 58.2 Å². The van der Waals surface area contributed by atoms with E-state index in [0.717, 1.165) is 45.8 Å². The van der Waals surface area contributed by atoms with Crippen LogP contribution in [0.1, 0.15) is 16.2 Å². The standard InChI is InChI=1S/C17H24N4O2S/c1-14-2-3-16(24-14)8-20-4-5-22-11-17(10-20)6-15(9-23-17)7-21-12-18-19-13-21/h2-3,12-13,15H,4-11H2,1H3/t15-,17+/m0/s1. The molecule has 0 N–H and O–H groups in total. The molecule has 7 heteroatoms. The van der Waals surface area contributed by atoms with Crippen molar-refractivity contribution in [3.63, 3.8) is 0 Å². The van der Waals surface area contributed by atoms with Gasteiger partial charge in [-0.3, -0.25) is 4.90 Å². The first-order chi connectivity index (χ1) is 11.7. The molecule has 2 aromatic heterocycles.